The van der Waals surface area contributed by atoms with E-state index in [9.17, 15) is 4.79 Å². The van der Waals surface area contributed by atoms with Crippen molar-refractivity contribution in [3.05, 3.63) is 35.9 Å². The molecule has 98 valence electrons. The molecule has 3 heteroatoms. The van der Waals surface area contributed by atoms with Gasteiger partial charge in [0, 0.05) is 13.1 Å². The topological polar surface area (TPSA) is 32.3 Å². The fraction of sp³-hybridized carbons (Fsp3) is 0.533. The van der Waals surface area contributed by atoms with Gasteiger partial charge in [0.1, 0.15) is 0 Å². The summed E-state index contributed by atoms with van der Waals surface area (Å²) in [5.74, 6) is 0.919. The first kappa shape index (κ1) is 13.1. The Bertz CT molecular complexity index is 373. The van der Waals surface area contributed by atoms with Gasteiger partial charge in [-0.15, -0.1) is 0 Å². The molecule has 1 aliphatic rings. The van der Waals surface area contributed by atoms with Crippen molar-refractivity contribution in [2.45, 2.75) is 25.8 Å². The second-order valence-corrected chi connectivity index (χ2v) is 5.09. The Morgan fingerprint density at radius 3 is 2.61 bits per heavy atom. The quantitative estimate of drug-likeness (QED) is 0.833. The highest BCUT2D eigenvalue weighted by Crippen LogP contribution is 2.27. The molecule has 0 unspecified atom stereocenters. The second-order valence-electron chi connectivity index (χ2n) is 5.09. The van der Waals surface area contributed by atoms with Gasteiger partial charge in [-0.05, 0) is 31.4 Å². The minimum absolute atomic E-state index is 0.202. The first-order valence-corrected chi connectivity index (χ1v) is 6.76. The van der Waals surface area contributed by atoms with Crippen molar-refractivity contribution >= 4 is 5.91 Å². The zero-order chi connectivity index (χ0) is 12.8. The van der Waals surface area contributed by atoms with Crippen molar-refractivity contribution in [2.75, 3.05) is 20.1 Å². The van der Waals surface area contributed by atoms with E-state index in [1.807, 2.05) is 30.1 Å². The van der Waals surface area contributed by atoms with Gasteiger partial charge in [-0.2, -0.15) is 0 Å². The molecule has 1 aliphatic carbocycles. The van der Waals surface area contributed by atoms with Crippen molar-refractivity contribution in [1.82, 2.24) is 10.2 Å². The maximum atomic E-state index is 12.1. The normalized spacial score (nSPS) is 15.2. The average Bonchev–Trinajstić information content (AvgIpc) is 2.33. The summed E-state index contributed by atoms with van der Waals surface area (Å²) in [5.41, 5.74) is 1.21. The number of carbonyl (C=O) groups excluding carboxylic acids is 1. The number of hydrogen-bond donors (Lipinski definition) is 1. The largest absolute Gasteiger partial charge is 0.337 e. The highest BCUT2D eigenvalue weighted by molar-refractivity contribution is 5.78. The predicted octanol–water partition coefficient (Wildman–Crippen LogP) is 2.03. The summed E-state index contributed by atoms with van der Waals surface area (Å²) in [6.07, 6.45) is 3.88. The minimum Gasteiger partial charge on any atom is -0.337 e. The average molecular weight is 246 g/mol. The Labute approximate surface area is 109 Å². The third-order valence-corrected chi connectivity index (χ3v) is 3.60. The van der Waals surface area contributed by atoms with E-state index in [4.69, 9.17) is 0 Å². The number of rotatable bonds is 6. The van der Waals surface area contributed by atoms with Gasteiger partial charge >= 0.3 is 0 Å². The molecule has 2 rings (SSSR count). The second kappa shape index (κ2) is 6.55. The van der Waals surface area contributed by atoms with E-state index in [1.165, 1.54) is 24.8 Å². The maximum Gasteiger partial charge on any atom is 0.236 e. The van der Waals surface area contributed by atoms with Crippen molar-refractivity contribution in [3.8, 4) is 0 Å². The lowest BCUT2D eigenvalue weighted by atomic mass is 9.85. The standard InChI is InChI=1S/C15H22N2O/c1-16-10-15(18)17(12-14-8-5-9-14)11-13-6-3-2-4-7-13/h2-4,6-7,14,16H,5,8-12H2,1H3. The van der Waals surface area contributed by atoms with E-state index in [-0.39, 0.29) is 5.91 Å². The third-order valence-electron chi connectivity index (χ3n) is 3.60. The molecule has 0 spiro atoms. The zero-order valence-corrected chi connectivity index (χ0v) is 11.1. The van der Waals surface area contributed by atoms with Crippen molar-refractivity contribution in [1.29, 1.82) is 0 Å². The van der Waals surface area contributed by atoms with E-state index in [0.29, 0.717) is 6.54 Å². The molecule has 0 atom stereocenters. The molecule has 3 nitrogen and oxygen atoms in total. The van der Waals surface area contributed by atoms with Gasteiger partial charge in [0.05, 0.1) is 6.54 Å². The van der Waals surface area contributed by atoms with Crippen LogP contribution in [-0.2, 0) is 11.3 Å². The highest BCUT2D eigenvalue weighted by Gasteiger charge is 2.23. The lowest BCUT2D eigenvalue weighted by molar-refractivity contribution is -0.131. The van der Waals surface area contributed by atoms with Gasteiger partial charge in [0.2, 0.25) is 5.91 Å². The smallest absolute Gasteiger partial charge is 0.236 e. The van der Waals surface area contributed by atoms with E-state index < -0.39 is 0 Å². The number of benzene rings is 1. The highest BCUT2D eigenvalue weighted by atomic mass is 16.2. The van der Waals surface area contributed by atoms with Crippen LogP contribution in [0.1, 0.15) is 24.8 Å². The van der Waals surface area contributed by atoms with Gasteiger partial charge in [-0.1, -0.05) is 36.8 Å². The maximum absolute atomic E-state index is 12.1. The van der Waals surface area contributed by atoms with E-state index in [0.717, 1.165) is 19.0 Å². The van der Waals surface area contributed by atoms with Gasteiger partial charge in [0.15, 0.2) is 0 Å². The molecule has 0 radical (unpaired) electrons. The summed E-state index contributed by atoms with van der Waals surface area (Å²) in [5, 5.41) is 2.95. The Morgan fingerprint density at radius 1 is 1.33 bits per heavy atom. The first-order valence-electron chi connectivity index (χ1n) is 6.76. The summed E-state index contributed by atoms with van der Waals surface area (Å²) >= 11 is 0. The van der Waals surface area contributed by atoms with Crippen LogP contribution in [0, 0.1) is 5.92 Å². The van der Waals surface area contributed by atoms with Gasteiger partial charge < -0.3 is 10.2 Å². The van der Waals surface area contributed by atoms with Crippen LogP contribution >= 0.6 is 0 Å². The fourth-order valence-electron chi connectivity index (χ4n) is 2.31. The Hall–Kier alpha value is -1.35. The summed E-state index contributed by atoms with van der Waals surface area (Å²) in [4.78, 5) is 14.1. The summed E-state index contributed by atoms with van der Waals surface area (Å²) in [6.45, 7) is 2.08. The molecule has 0 bridgehead atoms. The predicted molar refractivity (Wildman–Crippen MR) is 73.1 cm³/mol. The van der Waals surface area contributed by atoms with E-state index in [1.54, 1.807) is 0 Å². The van der Waals surface area contributed by atoms with Crippen LogP contribution in [0.15, 0.2) is 30.3 Å². The number of likely N-dealkylation sites (N-methyl/N-ethyl adjacent to an activating group) is 1. The van der Waals surface area contributed by atoms with Crippen LogP contribution < -0.4 is 5.32 Å². The van der Waals surface area contributed by atoms with Crippen molar-refractivity contribution in [3.63, 3.8) is 0 Å². The molecule has 0 saturated heterocycles. The molecule has 1 aromatic carbocycles. The van der Waals surface area contributed by atoms with Crippen LogP contribution in [0.25, 0.3) is 0 Å². The van der Waals surface area contributed by atoms with Crippen LogP contribution in [0.2, 0.25) is 0 Å². The number of nitrogens with one attached hydrogen (secondary N) is 1. The molecule has 1 N–H and O–H groups in total. The molecule has 18 heavy (non-hydrogen) atoms. The molecular weight excluding hydrogens is 224 g/mol. The summed E-state index contributed by atoms with van der Waals surface area (Å²) in [6, 6.07) is 10.2. The van der Waals surface area contributed by atoms with Gasteiger partial charge in [-0.25, -0.2) is 0 Å². The Morgan fingerprint density at radius 2 is 2.06 bits per heavy atom. The number of nitrogens with zero attached hydrogens (tertiary/aromatic N) is 1. The third kappa shape index (κ3) is 3.57. The van der Waals surface area contributed by atoms with Crippen LogP contribution in [0.5, 0.6) is 0 Å². The molecule has 0 heterocycles. The zero-order valence-electron chi connectivity index (χ0n) is 11.1. The molecule has 1 aromatic rings. The molecular formula is C15H22N2O. The first-order chi connectivity index (χ1) is 8.79. The number of hydrogen-bond acceptors (Lipinski definition) is 2. The SMILES string of the molecule is CNCC(=O)N(Cc1ccccc1)CC1CCC1. The van der Waals surface area contributed by atoms with E-state index in [2.05, 4.69) is 17.4 Å². The van der Waals surface area contributed by atoms with Crippen LogP contribution in [0.4, 0.5) is 0 Å². The van der Waals surface area contributed by atoms with Crippen molar-refractivity contribution < 1.29 is 4.79 Å². The van der Waals surface area contributed by atoms with Crippen LogP contribution in [0.3, 0.4) is 0 Å². The summed E-state index contributed by atoms with van der Waals surface area (Å²) < 4.78 is 0. The molecule has 0 aromatic heterocycles. The van der Waals surface area contributed by atoms with Gasteiger partial charge in [-0.3, -0.25) is 4.79 Å². The monoisotopic (exact) mass is 246 g/mol. The van der Waals surface area contributed by atoms with Gasteiger partial charge in [0.25, 0.3) is 0 Å². The lowest BCUT2D eigenvalue weighted by Crippen LogP contribution is -2.41. The Balaban J connectivity index is 1.96. The van der Waals surface area contributed by atoms with E-state index >= 15 is 0 Å². The van der Waals surface area contributed by atoms with Crippen molar-refractivity contribution in [2.24, 2.45) is 5.92 Å². The molecule has 1 fully saturated rings. The summed E-state index contributed by atoms with van der Waals surface area (Å²) in [7, 11) is 1.82. The lowest BCUT2D eigenvalue weighted by Gasteiger charge is -2.32. The van der Waals surface area contributed by atoms with Crippen LogP contribution in [-0.4, -0.2) is 30.9 Å². The minimum atomic E-state index is 0.202. The molecule has 1 saturated carbocycles. The Kier molecular flexibility index (Phi) is 4.76. The number of carbonyl (C=O) groups is 1. The fourth-order valence-corrected chi connectivity index (χ4v) is 2.31. The number of amides is 1. The molecule has 1 amide bonds. The molecule has 0 aliphatic heterocycles.